The minimum atomic E-state index is -3.93. The molecule has 0 unspecified atom stereocenters. The highest BCUT2D eigenvalue weighted by Gasteiger charge is 2.20. The summed E-state index contributed by atoms with van der Waals surface area (Å²) in [7, 11) is -3.93. The molecule has 3 aromatic carbocycles. The Morgan fingerprint density at radius 1 is 0.897 bits per heavy atom. The number of hydrogen-bond donors (Lipinski definition) is 1. The lowest BCUT2D eigenvalue weighted by molar-refractivity contribution is 0.464. The van der Waals surface area contributed by atoms with Gasteiger partial charge >= 0.3 is 0 Å². The van der Waals surface area contributed by atoms with E-state index in [-0.39, 0.29) is 27.4 Å². The van der Waals surface area contributed by atoms with Gasteiger partial charge in [-0.15, -0.1) is 0 Å². The molecular weight excluding hydrogens is 417 g/mol. The van der Waals surface area contributed by atoms with Crippen molar-refractivity contribution >= 4 is 38.5 Å². The Hall–Kier alpha value is -3.23. The molecule has 0 bridgehead atoms. The van der Waals surface area contributed by atoms with Gasteiger partial charge in [0.05, 0.1) is 21.0 Å². The Kier molecular flexibility index (Phi) is 5.04. The Bertz CT molecular complexity index is 1300. The van der Waals surface area contributed by atoms with Crippen LogP contribution in [-0.2, 0) is 10.0 Å². The smallest absolute Gasteiger partial charge is 0.264 e. The lowest BCUT2D eigenvalue weighted by Gasteiger charge is -2.13. The molecule has 146 valence electrons. The summed E-state index contributed by atoms with van der Waals surface area (Å²) in [4.78, 5) is 8.75. The minimum absolute atomic E-state index is 0.0609. The Morgan fingerprint density at radius 2 is 1.55 bits per heavy atom. The first-order valence-corrected chi connectivity index (χ1v) is 10.3. The third-order valence-electron chi connectivity index (χ3n) is 3.93. The molecule has 0 saturated heterocycles. The Morgan fingerprint density at radius 3 is 2.24 bits per heavy atom. The molecule has 1 heterocycles. The predicted octanol–water partition coefficient (Wildman–Crippen LogP) is 5.02. The van der Waals surface area contributed by atoms with Gasteiger partial charge in [-0.1, -0.05) is 41.9 Å². The van der Waals surface area contributed by atoms with Crippen LogP contribution in [0.5, 0.6) is 11.6 Å². The molecule has 1 N–H and O–H groups in total. The van der Waals surface area contributed by atoms with E-state index in [4.69, 9.17) is 16.3 Å². The van der Waals surface area contributed by atoms with Crippen molar-refractivity contribution in [1.82, 2.24) is 9.97 Å². The third-order valence-corrected chi connectivity index (χ3v) is 5.57. The highest BCUT2D eigenvalue weighted by molar-refractivity contribution is 7.92. The monoisotopic (exact) mass is 429 g/mol. The molecule has 29 heavy (non-hydrogen) atoms. The second kappa shape index (κ2) is 7.65. The number of rotatable bonds is 5. The number of sulfonamides is 1. The Labute approximate surface area is 171 Å². The standard InChI is InChI=1S/C20H13ClFN3O3S/c21-15-12-13(10-11-16(15)22)28-20-19(23-17-8-4-5-9-18(17)24-20)25-29(26,27)14-6-2-1-3-7-14/h1-12H,(H,23,25). The van der Waals surface area contributed by atoms with Crippen LogP contribution < -0.4 is 9.46 Å². The van der Waals surface area contributed by atoms with Crippen LogP contribution in [0.25, 0.3) is 11.0 Å². The average Bonchev–Trinajstić information content (AvgIpc) is 2.71. The van der Waals surface area contributed by atoms with E-state index in [2.05, 4.69) is 14.7 Å². The first-order valence-electron chi connectivity index (χ1n) is 8.40. The summed E-state index contributed by atoms with van der Waals surface area (Å²) in [6, 6.07) is 18.5. The largest absolute Gasteiger partial charge is 0.436 e. The number of halogens is 2. The van der Waals surface area contributed by atoms with Crippen molar-refractivity contribution in [2.24, 2.45) is 0 Å². The predicted molar refractivity (Wildman–Crippen MR) is 108 cm³/mol. The van der Waals surface area contributed by atoms with E-state index >= 15 is 0 Å². The highest BCUT2D eigenvalue weighted by atomic mass is 35.5. The van der Waals surface area contributed by atoms with E-state index in [9.17, 15) is 12.8 Å². The van der Waals surface area contributed by atoms with Crippen molar-refractivity contribution in [3.05, 3.63) is 83.6 Å². The Balaban J connectivity index is 1.79. The van der Waals surface area contributed by atoms with Gasteiger partial charge in [0.25, 0.3) is 15.9 Å². The molecule has 0 aliphatic carbocycles. The van der Waals surface area contributed by atoms with E-state index < -0.39 is 15.8 Å². The van der Waals surface area contributed by atoms with Gasteiger partial charge in [-0.2, -0.15) is 0 Å². The molecule has 9 heteroatoms. The summed E-state index contributed by atoms with van der Waals surface area (Å²) >= 11 is 5.80. The van der Waals surface area contributed by atoms with Crippen molar-refractivity contribution in [1.29, 1.82) is 0 Å². The number of ether oxygens (including phenoxy) is 1. The summed E-state index contributed by atoms with van der Waals surface area (Å²) in [6.07, 6.45) is 0. The molecular formula is C20H13ClFN3O3S. The fourth-order valence-corrected chi connectivity index (χ4v) is 3.75. The minimum Gasteiger partial charge on any atom is -0.436 e. The zero-order chi connectivity index (χ0) is 20.4. The van der Waals surface area contributed by atoms with Crippen molar-refractivity contribution in [3.8, 4) is 11.6 Å². The molecule has 0 aliphatic heterocycles. The lowest BCUT2D eigenvalue weighted by atomic mass is 10.3. The molecule has 0 saturated carbocycles. The van der Waals surface area contributed by atoms with E-state index in [1.165, 1.54) is 24.3 Å². The molecule has 0 spiro atoms. The van der Waals surface area contributed by atoms with Gasteiger partial charge in [-0.3, -0.25) is 4.72 Å². The molecule has 0 aliphatic rings. The molecule has 0 amide bonds. The number of fused-ring (bicyclic) bond motifs is 1. The highest BCUT2D eigenvalue weighted by Crippen LogP contribution is 2.31. The molecule has 6 nitrogen and oxygen atoms in total. The molecule has 0 fully saturated rings. The maximum Gasteiger partial charge on any atom is 0.264 e. The van der Waals surface area contributed by atoms with Gasteiger partial charge in [-0.25, -0.2) is 22.8 Å². The molecule has 0 atom stereocenters. The summed E-state index contributed by atoms with van der Waals surface area (Å²) in [6.45, 7) is 0. The van der Waals surface area contributed by atoms with Crippen LogP contribution in [0, 0.1) is 5.82 Å². The summed E-state index contributed by atoms with van der Waals surface area (Å²) in [5.74, 6) is -0.617. The van der Waals surface area contributed by atoms with Gasteiger partial charge in [-0.05, 0) is 36.4 Å². The van der Waals surface area contributed by atoms with Crippen LogP contribution in [0.1, 0.15) is 0 Å². The number of anilines is 1. The quantitative estimate of drug-likeness (QED) is 0.482. The number of benzene rings is 3. The molecule has 1 aromatic heterocycles. The zero-order valence-electron chi connectivity index (χ0n) is 14.7. The number of hydrogen-bond acceptors (Lipinski definition) is 5. The SMILES string of the molecule is O=S(=O)(Nc1nc2ccccc2nc1Oc1ccc(F)c(Cl)c1)c1ccccc1. The van der Waals surface area contributed by atoms with Crippen LogP contribution in [0.4, 0.5) is 10.2 Å². The zero-order valence-corrected chi connectivity index (χ0v) is 16.3. The second-order valence-corrected chi connectivity index (χ2v) is 8.05. The van der Waals surface area contributed by atoms with E-state index in [0.29, 0.717) is 11.0 Å². The second-order valence-electron chi connectivity index (χ2n) is 5.96. The van der Waals surface area contributed by atoms with Gasteiger partial charge in [0.1, 0.15) is 11.6 Å². The van der Waals surface area contributed by atoms with E-state index in [1.54, 1.807) is 42.5 Å². The first kappa shape index (κ1) is 19.1. The maximum absolute atomic E-state index is 13.4. The molecule has 4 rings (SSSR count). The first-order chi connectivity index (χ1) is 13.9. The van der Waals surface area contributed by atoms with Crippen LogP contribution in [0.15, 0.2) is 77.7 Å². The van der Waals surface area contributed by atoms with Gasteiger partial charge in [0.2, 0.25) is 5.82 Å². The fraction of sp³-hybridized carbons (Fsp3) is 0. The van der Waals surface area contributed by atoms with E-state index in [0.717, 1.165) is 6.07 Å². The van der Waals surface area contributed by atoms with Crippen LogP contribution in [0.3, 0.4) is 0 Å². The van der Waals surface area contributed by atoms with Crippen LogP contribution >= 0.6 is 11.6 Å². The average molecular weight is 430 g/mol. The summed E-state index contributed by atoms with van der Waals surface area (Å²) in [5.41, 5.74) is 0.973. The van der Waals surface area contributed by atoms with Crippen LogP contribution in [0.2, 0.25) is 5.02 Å². The van der Waals surface area contributed by atoms with Crippen molar-refractivity contribution in [2.45, 2.75) is 4.90 Å². The number of nitrogens with zero attached hydrogens (tertiary/aromatic N) is 2. The van der Waals surface area contributed by atoms with Crippen molar-refractivity contribution < 1.29 is 17.5 Å². The van der Waals surface area contributed by atoms with Crippen LogP contribution in [-0.4, -0.2) is 18.4 Å². The molecule has 0 radical (unpaired) electrons. The summed E-state index contributed by atoms with van der Waals surface area (Å²) in [5, 5.41) is -0.136. The molecule has 4 aromatic rings. The number of nitrogens with one attached hydrogen (secondary N) is 1. The summed E-state index contributed by atoms with van der Waals surface area (Å²) < 4.78 is 47.0. The topological polar surface area (TPSA) is 81.2 Å². The third kappa shape index (κ3) is 4.13. The number of para-hydroxylation sites is 2. The van der Waals surface area contributed by atoms with Crippen molar-refractivity contribution in [3.63, 3.8) is 0 Å². The normalized spacial score (nSPS) is 11.4. The lowest BCUT2D eigenvalue weighted by Crippen LogP contribution is -2.15. The number of aromatic nitrogens is 2. The van der Waals surface area contributed by atoms with Crippen molar-refractivity contribution in [2.75, 3.05) is 4.72 Å². The van der Waals surface area contributed by atoms with Gasteiger partial charge in [0, 0.05) is 6.07 Å². The van der Waals surface area contributed by atoms with Gasteiger partial charge in [0.15, 0.2) is 0 Å². The van der Waals surface area contributed by atoms with E-state index in [1.807, 2.05) is 0 Å². The fourth-order valence-electron chi connectivity index (χ4n) is 2.56. The maximum atomic E-state index is 13.4. The van der Waals surface area contributed by atoms with Gasteiger partial charge < -0.3 is 4.74 Å².